The van der Waals surface area contributed by atoms with Gasteiger partial charge in [-0.3, -0.25) is 9.59 Å². The van der Waals surface area contributed by atoms with Gasteiger partial charge in [-0.05, 0) is 0 Å². The smallest absolute Gasteiger partial charge is 0.264 e. The third kappa shape index (κ3) is 2.73. The van der Waals surface area contributed by atoms with Crippen LogP contribution in [0.2, 0.25) is 0 Å². The quantitative estimate of drug-likeness (QED) is 0.569. The minimum absolute atomic E-state index is 0.0325. The molecule has 0 spiro atoms. The average Bonchev–Trinajstić information content (AvgIpc) is 2.66. The van der Waals surface area contributed by atoms with Crippen molar-refractivity contribution in [2.75, 3.05) is 13.6 Å². The Morgan fingerprint density at radius 2 is 2.46 bits per heavy atom. The summed E-state index contributed by atoms with van der Waals surface area (Å²) < 4.78 is 0. The topological polar surface area (TPSA) is 79.8 Å². The van der Waals surface area contributed by atoms with E-state index in [2.05, 4.69) is 15.8 Å². The Kier molecular flexibility index (Phi) is 3.24. The lowest BCUT2D eigenvalue weighted by molar-refractivity contribution is -0.133. The number of hydrogen-bond donors (Lipinski definition) is 2. The van der Waals surface area contributed by atoms with Crippen LogP contribution < -0.4 is 10.6 Å². The molecule has 0 aromatic heterocycles. The minimum Gasteiger partial charge on any atom is -0.382 e. The highest BCUT2D eigenvalue weighted by molar-refractivity contribution is 5.88. The number of carbonyl (C=O) groups is 2. The van der Waals surface area contributed by atoms with Crippen molar-refractivity contribution >= 4 is 18.0 Å². The molecule has 1 rings (SSSR count). The van der Waals surface area contributed by atoms with Crippen molar-refractivity contribution in [2.45, 2.75) is 12.5 Å². The van der Waals surface area contributed by atoms with Gasteiger partial charge in [0.15, 0.2) is 0 Å². The number of amides is 2. The SMILES string of the molecule is CNC(=O)CNC(=O)C1CC=NO1. The van der Waals surface area contributed by atoms with Crippen molar-refractivity contribution < 1.29 is 14.4 Å². The van der Waals surface area contributed by atoms with Gasteiger partial charge in [0.1, 0.15) is 0 Å². The zero-order chi connectivity index (χ0) is 9.68. The van der Waals surface area contributed by atoms with Crippen molar-refractivity contribution in [2.24, 2.45) is 5.16 Å². The predicted octanol–water partition coefficient (Wildman–Crippen LogP) is -1.38. The van der Waals surface area contributed by atoms with Crippen molar-refractivity contribution in [1.82, 2.24) is 10.6 Å². The normalized spacial score (nSPS) is 19.3. The minimum atomic E-state index is -0.579. The second-order valence-electron chi connectivity index (χ2n) is 2.51. The molecule has 6 heteroatoms. The van der Waals surface area contributed by atoms with Crippen LogP contribution in [0.5, 0.6) is 0 Å². The molecule has 6 nitrogen and oxygen atoms in total. The summed E-state index contributed by atoms with van der Waals surface area (Å²) in [5, 5.41) is 8.25. The van der Waals surface area contributed by atoms with E-state index in [-0.39, 0.29) is 18.4 Å². The first kappa shape index (κ1) is 9.50. The Hall–Kier alpha value is -1.59. The van der Waals surface area contributed by atoms with E-state index in [9.17, 15) is 9.59 Å². The van der Waals surface area contributed by atoms with Crippen LogP contribution in [0.4, 0.5) is 0 Å². The van der Waals surface area contributed by atoms with Gasteiger partial charge in [0, 0.05) is 19.7 Å². The Bertz CT molecular complexity index is 231. The fourth-order valence-corrected chi connectivity index (χ4v) is 0.823. The lowest BCUT2D eigenvalue weighted by Gasteiger charge is -2.07. The predicted molar refractivity (Wildman–Crippen MR) is 45.1 cm³/mol. The maximum Gasteiger partial charge on any atom is 0.264 e. The molecule has 2 N–H and O–H groups in total. The van der Waals surface area contributed by atoms with Crippen LogP contribution in [0.25, 0.3) is 0 Å². The largest absolute Gasteiger partial charge is 0.382 e. The molecule has 0 saturated heterocycles. The van der Waals surface area contributed by atoms with Gasteiger partial charge in [-0.1, -0.05) is 5.16 Å². The molecule has 1 aliphatic rings. The summed E-state index contributed by atoms with van der Waals surface area (Å²) in [7, 11) is 1.50. The Labute approximate surface area is 75.3 Å². The summed E-state index contributed by atoms with van der Waals surface area (Å²) in [5.41, 5.74) is 0. The summed E-state index contributed by atoms with van der Waals surface area (Å²) in [6, 6.07) is 0. The highest BCUT2D eigenvalue weighted by Crippen LogP contribution is 2.03. The summed E-state index contributed by atoms with van der Waals surface area (Å²) in [6.07, 6.45) is 1.40. The van der Waals surface area contributed by atoms with E-state index in [1.54, 1.807) is 0 Å². The van der Waals surface area contributed by atoms with E-state index in [4.69, 9.17) is 4.84 Å². The molecule has 72 valence electrons. The summed E-state index contributed by atoms with van der Waals surface area (Å²) >= 11 is 0. The molecule has 0 aromatic rings. The first-order chi connectivity index (χ1) is 6.24. The van der Waals surface area contributed by atoms with Crippen LogP contribution in [0, 0.1) is 0 Å². The molecule has 13 heavy (non-hydrogen) atoms. The molecule has 0 saturated carbocycles. The number of carbonyl (C=O) groups excluding carboxylic acids is 2. The number of nitrogens with zero attached hydrogens (tertiary/aromatic N) is 1. The van der Waals surface area contributed by atoms with Crippen LogP contribution >= 0.6 is 0 Å². The van der Waals surface area contributed by atoms with Gasteiger partial charge >= 0.3 is 0 Å². The Morgan fingerprint density at radius 3 is 3.00 bits per heavy atom. The summed E-state index contributed by atoms with van der Waals surface area (Å²) in [6.45, 7) is -0.0325. The number of rotatable bonds is 3. The molecule has 0 radical (unpaired) electrons. The van der Waals surface area contributed by atoms with Crippen molar-refractivity contribution in [3.63, 3.8) is 0 Å². The van der Waals surface area contributed by atoms with Crippen molar-refractivity contribution in [3.05, 3.63) is 0 Å². The number of nitrogens with one attached hydrogen (secondary N) is 2. The second-order valence-corrected chi connectivity index (χ2v) is 2.51. The molecule has 0 fully saturated rings. The summed E-state index contributed by atoms with van der Waals surface area (Å²) in [4.78, 5) is 26.6. The number of likely N-dealkylation sites (N-methyl/N-ethyl adjacent to an activating group) is 1. The van der Waals surface area contributed by atoms with Crippen molar-refractivity contribution in [1.29, 1.82) is 0 Å². The lowest BCUT2D eigenvalue weighted by Crippen LogP contribution is -2.40. The van der Waals surface area contributed by atoms with Crippen molar-refractivity contribution in [3.8, 4) is 0 Å². The number of oxime groups is 1. The monoisotopic (exact) mass is 185 g/mol. The van der Waals surface area contributed by atoms with Gasteiger partial charge < -0.3 is 15.5 Å². The molecule has 1 aliphatic heterocycles. The van der Waals surface area contributed by atoms with Gasteiger partial charge in [0.2, 0.25) is 12.0 Å². The molecule has 1 heterocycles. The van der Waals surface area contributed by atoms with Gasteiger partial charge in [0.25, 0.3) is 5.91 Å². The highest BCUT2D eigenvalue weighted by Gasteiger charge is 2.22. The van der Waals surface area contributed by atoms with Crippen LogP contribution in [0.3, 0.4) is 0 Å². The third-order valence-corrected chi connectivity index (χ3v) is 1.58. The average molecular weight is 185 g/mol. The van der Waals surface area contributed by atoms with Gasteiger partial charge in [-0.25, -0.2) is 0 Å². The maximum absolute atomic E-state index is 11.2. The molecule has 2 amide bonds. The van der Waals surface area contributed by atoms with E-state index in [1.807, 2.05) is 0 Å². The molecule has 0 aliphatic carbocycles. The Balaban J connectivity index is 2.21. The van der Waals surface area contributed by atoms with Gasteiger partial charge in [0.05, 0.1) is 6.54 Å². The molecule has 1 atom stereocenters. The zero-order valence-electron chi connectivity index (χ0n) is 7.24. The highest BCUT2D eigenvalue weighted by atomic mass is 16.6. The standard InChI is InChI=1S/C7H11N3O3/c1-8-6(11)4-9-7(12)5-2-3-10-13-5/h3,5H,2,4H2,1H3,(H,8,11)(H,9,12). The molecular formula is C7H11N3O3. The maximum atomic E-state index is 11.2. The van der Waals surface area contributed by atoms with Gasteiger partial charge in [-0.2, -0.15) is 0 Å². The molecular weight excluding hydrogens is 174 g/mol. The Morgan fingerprint density at radius 1 is 1.69 bits per heavy atom. The van der Waals surface area contributed by atoms with E-state index in [1.165, 1.54) is 13.3 Å². The van der Waals surface area contributed by atoms with Crippen LogP contribution in [0.1, 0.15) is 6.42 Å². The van der Waals surface area contributed by atoms with E-state index in [0.29, 0.717) is 6.42 Å². The fourth-order valence-electron chi connectivity index (χ4n) is 0.823. The van der Waals surface area contributed by atoms with Crippen LogP contribution in [-0.4, -0.2) is 37.7 Å². The van der Waals surface area contributed by atoms with E-state index < -0.39 is 6.10 Å². The first-order valence-corrected chi connectivity index (χ1v) is 3.90. The van der Waals surface area contributed by atoms with Gasteiger partial charge in [-0.15, -0.1) is 0 Å². The fraction of sp³-hybridized carbons (Fsp3) is 0.571. The zero-order valence-corrected chi connectivity index (χ0v) is 7.24. The molecule has 1 unspecified atom stereocenters. The lowest BCUT2D eigenvalue weighted by atomic mass is 10.2. The molecule has 0 bridgehead atoms. The third-order valence-electron chi connectivity index (χ3n) is 1.58. The summed E-state index contributed by atoms with van der Waals surface area (Å²) in [5.74, 6) is -0.562. The second kappa shape index (κ2) is 4.44. The van der Waals surface area contributed by atoms with E-state index >= 15 is 0 Å². The number of hydrogen-bond acceptors (Lipinski definition) is 4. The molecule has 0 aromatic carbocycles. The van der Waals surface area contributed by atoms with Crippen LogP contribution in [-0.2, 0) is 14.4 Å². The van der Waals surface area contributed by atoms with E-state index in [0.717, 1.165) is 0 Å². The van der Waals surface area contributed by atoms with Crippen LogP contribution in [0.15, 0.2) is 5.16 Å². The first-order valence-electron chi connectivity index (χ1n) is 3.90.